The first-order valence-corrected chi connectivity index (χ1v) is 7.61. The van der Waals surface area contributed by atoms with E-state index in [1.54, 1.807) is 24.3 Å². The minimum atomic E-state index is -3.67. The summed E-state index contributed by atoms with van der Waals surface area (Å²) in [6, 6.07) is 12.1. The van der Waals surface area contributed by atoms with Crippen LogP contribution in [-0.4, -0.2) is 8.42 Å². The summed E-state index contributed by atoms with van der Waals surface area (Å²) in [4.78, 5) is 0.0861. The molecule has 0 unspecified atom stereocenters. The fourth-order valence-electron chi connectivity index (χ4n) is 1.71. The van der Waals surface area contributed by atoms with Gasteiger partial charge in [0.25, 0.3) is 10.0 Å². The van der Waals surface area contributed by atoms with Gasteiger partial charge in [-0.3, -0.25) is 4.72 Å². The lowest BCUT2D eigenvalue weighted by Gasteiger charge is -2.11. The highest BCUT2D eigenvalue weighted by Gasteiger charge is 2.18. The van der Waals surface area contributed by atoms with Gasteiger partial charge in [0, 0.05) is 0 Å². The van der Waals surface area contributed by atoms with E-state index in [1.165, 1.54) is 6.07 Å². The molecule has 0 fully saturated rings. The summed E-state index contributed by atoms with van der Waals surface area (Å²) in [6.07, 6.45) is 0. The van der Waals surface area contributed by atoms with E-state index in [4.69, 9.17) is 11.6 Å². The van der Waals surface area contributed by atoms with Crippen LogP contribution in [0.2, 0.25) is 5.02 Å². The molecule has 5 heteroatoms. The van der Waals surface area contributed by atoms with Crippen molar-refractivity contribution in [1.29, 1.82) is 0 Å². The van der Waals surface area contributed by atoms with Gasteiger partial charge >= 0.3 is 0 Å². The van der Waals surface area contributed by atoms with Crippen LogP contribution in [-0.2, 0) is 10.0 Å². The van der Waals surface area contributed by atoms with E-state index < -0.39 is 10.0 Å². The van der Waals surface area contributed by atoms with E-state index in [-0.39, 0.29) is 9.92 Å². The summed E-state index contributed by atoms with van der Waals surface area (Å²) in [7, 11) is -3.67. The van der Waals surface area contributed by atoms with Gasteiger partial charge in [0.1, 0.15) is 4.90 Å². The van der Waals surface area contributed by atoms with Gasteiger partial charge in [-0.15, -0.1) is 0 Å². The fraction of sp³-hybridized carbons (Fsp3) is 0.143. The Labute approximate surface area is 118 Å². The molecule has 0 spiro atoms. The van der Waals surface area contributed by atoms with Crippen LogP contribution in [0.4, 0.5) is 5.69 Å². The highest BCUT2D eigenvalue weighted by atomic mass is 35.5. The van der Waals surface area contributed by atoms with Crippen molar-refractivity contribution in [3.63, 3.8) is 0 Å². The van der Waals surface area contributed by atoms with E-state index in [1.807, 2.05) is 26.0 Å². The highest BCUT2D eigenvalue weighted by Crippen LogP contribution is 2.25. The lowest BCUT2D eigenvalue weighted by Crippen LogP contribution is -2.14. The molecule has 0 saturated heterocycles. The smallest absolute Gasteiger partial charge is 0.263 e. The van der Waals surface area contributed by atoms with E-state index in [0.29, 0.717) is 5.69 Å². The van der Waals surface area contributed by atoms with Crippen molar-refractivity contribution in [2.45, 2.75) is 18.7 Å². The molecule has 0 aromatic heterocycles. The molecule has 0 amide bonds. The van der Waals surface area contributed by atoms with E-state index in [0.717, 1.165) is 11.1 Å². The molecule has 0 radical (unpaired) electrons. The summed E-state index contributed by atoms with van der Waals surface area (Å²) < 4.78 is 27.1. The van der Waals surface area contributed by atoms with Crippen LogP contribution in [0.5, 0.6) is 0 Å². The van der Waals surface area contributed by atoms with Crippen molar-refractivity contribution in [2.75, 3.05) is 4.72 Å². The van der Waals surface area contributed by atoms with Gasteiger partial charge in [0.05, 0.1) is 10.7 Å². The molecule has 0 saturated carbocycles. The van der Waals surface area contributed by atoms with E-state index in [2.05, 4.69) is 4.72 Å². The van der Waals surface area contributed by atoms with Gasteiger partial charge in [-0.05, 0) is 43.2 Å². The first kappa shape index (κ1) is 13.9. The van der Waals surface area contributed by atoms with Crippen molar-refractivity contribution in [3.8, 4) is 0 Å². The average molecular weight is 296 g/mol. The zero-order valence-electron chi connectivity index (χ0n) is 10.6. The average Bonchev–Trinajstić information content (AvgIpc) is 2.31. The quantitative estimate of drug-likeness (QED) is 0.937. The van der Waals surface area contributed by atoms with Crippen molar-refractivity contribution < 1.29 is 8.42 Å². The Hall–Kier alpha value is -1.52. The van der Waals surface area contributed by atoms with Crippen molar-refractivity contribution in [3.05, 3.63) is 58.6 Å². The number of halogens is 1. The largest absolute Gasteiger partial charge is 0.279 e. The number of hydrogen-bond acceptors (Lipinski definition) is 2. The molecule has 0 heterocycles. The Bertz CT molecular complexity index is 711. The van der Waals surface area contributed by atoms with Crippen LogP contribution in [0.25, 0.3) is 0 Å². The third-order valence-electron chi connectivity index (χ3n) is 2.77. The maximum Gasteiger partial charge on any atom is 0.263 e. The standard InChI is InChI=1S/C14H14ClNO2S/c1-10-7-8-14(12(15)9-10)19(17,18)16-13-6-4-3-5-11(13)2/h3-9,16H,1-2H3. The van der Waals surface area contributed by atoms with Gasteiger partial charge < -0.3 is 0 Å². The molecule has 1 N–H and O–H groups in total. The molecule has 100 valence electrons. The van der Waals surface area contributed by atoms with Crippen LogP contribution < -0.4 is 4.72 Å². The molecule has 0 aliphatic carbocycles. The SMILES string of the molecule is Cc1ccc(S(=O)(=O)Nc2ccccc2C)c(Cl)c1. The van der Waals surface area contributed by atoms with Crippen LogP contribution in [0.3, 0.4) is 0 Å². The maximum absolute atomic E-state index is 12.3. The number of benzene rings is 2. The molecule has 3 nitrogen and oxygen atoms in total. The number of hydrogen-bond donors (Lipinski definition) is 1. The van der Waals surface area contributed by atoms with E-state index >= 15 is 0 Å². The number of anilines is 1. The van der Waals surface area contributed by atoms with E-state index in [9.17, 15) is 8.42 Å². The number of sulfonamides is 1. The van der Waals surface area contributed by atoms with Crippen LogP contribution in [0.15, 0.2) is 47.4 Å². The molecule has 0 aliphatic heterocycles. The third-order valence-corrected chi connectivity index (χ3v) is 4.61. The first-order valence-electron chi connectivity index (χ1n) is 5.75. The fourth-order valence-corrected chi connectivity index (χ4v) is 3.44. The zero-order chi connectivity index (χ0) is 14.0. The summed E-state index contributed by atoms with van der Waals surface area (Å²) in [5.41, 5.74) is 2.33. The first-order chi connectivity index (χ1) is 8.90. The monoisotopic (exact) mass is 295 g/mol. The Morgan fingerprint density at radius 3 is 2.37 bits per heavy atom. The summed E-state index contributed by atoms with van der Waals surface area (Å²) in [6.45, 7) is 3.70. The topological polar surface area (TPSA) is 46.2 Å². The molecule has 0 bridgehead atoms. The highest BCUT2D eigenvalue weighted by molar-refractivity contribution is 7.92. The predicted molar refractivity (Wildman–Crippen MR) is 78.2 cm³/mol. The second-order valence-electron chi connectivity index (χ2n) is 4.35. The predicted octanol–water partition coefficient (Wildman–Crippen LogP) is 3.76. The summed E-state index contributed by atoms with van der Waals surface area (Å²) >= 11 is 6.00. The minimum absolute atomic E-state index is 0.0861. The number of aryl methyl sites for hydroxylation is 2. The lowest BCUT2D eigenvalue weighted by molar-refractivity contribution is 0.601. The Kier molecular flexibility index (Phi) is 3.83. The molecular weight excluding hydrogens is 282 g/mol. The van der Waals surface area contributed by atoms with Gasteiger partial charge in [0.15, 0.2) is 0 Å². The Morgan fingerprint density at radius 2 is 1.74 bits per heavy atom. The molecule has 19 heavy (non-hydrogen) atoms. The summed E-state index contributed by atoms with van der Waals surface area (Å²) in [5.74, 6) is 0. The molecule has 2 aromatic rings. The van der Waals surface area contributed by atoms with Gasteiger partial charge in [-0.25, -0.2) is 8.42 Å². The van der Waals surface area contributed by atoms with Crippen molar-refractivity contribution in [1.82, 2.24) is 0 Å². The normalized spacial score (nSPS) is 11.3. The van der Waals surface area contributed by atoms with Crippen LogP contribution in [0, 0.1) is 13.8 Å². The third kappa shape index (κ3) is 3.08. The Balaban J connectivity index is 2.41. The zero-order valence-corrected chi connectivity index (χ0v) is 12.2. The lowest BCUT2D eigenvalue weighted by atomic mass is 10.2. The second kappa shape index (κ2) is 5.23. The molecular formula is C14H14ClNO2S. The van der Waals surface area contributed by atoms with Crippen LogP contribution >= 0.6 is 11.6 Å². The van der Waals surface area contributed by atoms with Crippen LogP contribution in [0.1, 0.15) is 11.1 Å². The second-order valence-corrected chi connectivity index (χ2v) is 6.41. The van der Waals surface area contributed by atoms with Crippen molar-refractivity contribution >= 4 is 27.3 Å². The number of rotatable bonds is 3. The number of nitrogens with one attached hydrogen (secondary N) is 1. The number of para-hydroxylation sites is 1. The minimum Gasteiger partial charge on any atom is -0.279 e. The van der Waals surface area contributed by atoms with Gasteiger partial charge in [0.2, 0.25) is 0 Å². The maximum atomic E-state index is 12.3. The van der Waals surface area contributed by atoms with Gasteiger partial charge in [-0.2, -0.15) is 0 Å². The molecule has 2 rings (SSSR count). The molecule has 0 aliphatic rings. The summed E-state index contributed by atoms with van der Waals surface area (Å²) in [5, 5.41) is 0.223. The van der Waals surface area contributed by atoms with Crippen molar-refractivity contribution in [2.24, 2.45) is 0 Å². The van der Waals surface area contributed by atoms with Gasteiger partial charge in [-0.1, -0.05) is 35.9 Å². The molecule has 2 aromatic carbocycles. The Morgan fingerprint density at radius 1 is 1.05 bits per heavy atom. The molecule has 0 atom stereocenters.